The van der Waals surface area contributed by atoms with Crippen molar-refractivity contribution >= 4 is 44.9 Å². The molecule has 2 amide bonds. The lowest BCUT2D eigenvalue weighted by Gasteiger charge is -2.14. The van der Waals surface area contributed by atoms with Gasteiger partial charge in [0.25, 0.3) is 11.1 Å². The third-order valence-electron chi connectivity index (χ3n) is 4.33. The summed E-state index contributed by atoms with van der Waals surface area (Å²) in [6, 6.07) is 9.63. The molecule has 1 heterocycles. The molecule has 0 spiro atoms. The van der Waals surface area contributed by atoms with Crippen molar-refractivity contribution in [3.05, 3.63) is 62.7 Å². The van der Waals surface area contributed by atoms with Gasteiger partial charge in [0.05, 0.1) is 24.7 Å². The standard InChI is InChI=1S/C22H21BrFNO5S/c1-3-29-18-10-15(11-20-21(26)25(7-8-28-2)22(27)31-20)17(23)12-19(18)30-13-14-5-4-6-16(24)9-14/h4-6,9-12H,3,7-8,13H2,1-2H3/b20-11+. The predicted molar refractivity (Wildman–Crippen MR) is 121 cm³/mol. The van der Waals surface area contributed by atoms with Gasteiger partial charge in [-0.25, -0.2) is 4.39 Å². The van der Waals surface area contributed by atoms with Gasteiger partial charge in [-0.15, -0.1) is 0 Å². The zero-order valence-electron chi connectivity index (χ0n) is 17.0. The van der Waals surface area contributed by atoms with Crippen LogP contribution in [0.2, 0.25) is 0 Å². The van der Waals surface area contributed by atoms with E-state index in [0.717, 1.165) is 16.7 Å². The van der Waals surface area contributed by atoms with Gasteiger partial charge in [-0.2, -0.15) is 0 Å². The number of methoxy groups -OCH3 is 1. The molecule has 0 unspecified atom stereocenters. The van der Waals surface area contributed by atoms with Gasteiger partial charge in [-0.1, -0.05) is 28.1 Å². The SMILES string of the molecule is CCOc1cc(/C=C2/SC(=O)N(CCOC)C2=O)c(Br)cc1OCc1cccc(F)c1. The van der Waals surface area contributed by atoms with Crippen molar-refractivity contribution in [3.8, 4) is 11.5 Å². The second-order valence-electron chi connectivity index (χ2n) is 6.50. The topological polar surface area (TPSA) is 65.1 Å². The number of imide groups is 1. The minimum absolute atomic E-state index is 0.169. The van der Waals surface area contributed by atoms with Crippen LogP contribution in [0.4, 0.5) is 9.18 Å². The smallest absolute Gasteiger partial charge is 0.293 e. The van der Waals surface area contributed by atoms with Crippen LogP contribution in [0.25, 0.3) is 6.08 Å². The molecule has 1 aliphatic rings. The quantitative estimate of drug-likeness (QED) is 0.430. The van der Waals surface area contributed by atoms with Crippen LogP contribution in [-0.4, -0.2) is 42.9 Å². The van der Waals surface area contributed by atoms with Crippen molar-refractivity contribution in [2.24, 2.45) is 0 Å². The first-order valence-corrected chi connectivity index (χ1v) is 11.1. The summed E-state index contributed by atoms with van der Waals surface area (Å²) < 4.78 is 30.6. The molecule has 0 aromatic heterocycles. The molecule has 9 heteroatoms. The van der Waals surface area contributed by atoms with Gasteiger partial charge in [-0.3, -0.25) is 14.5 Å². The molecule has 0 saturated carbocycles. The normalized spacial score (nSPS) is 15.1. The first kappa shape index (κ1) is 23.3. The second-order valence-corrected chi connectivity index (χ2v) is 8.35. The highest BCUT2D eigenvalue weighted by Crippen LogP contribution is 2.38. The van der Waals surface area contributed by atoms with Crippen LogP contribution in [-0.2, 0) is 16.1 Å². The van der Waals surface area contributed by atoms with Gasteiger partial charge in [0.2, 0.25) is 0 Å². The Morgan fingerprint density at radius 2 is 1.94 bits per heavy atom. The fourth-order valence-corrected chi connectivity index (χ4v) is 4.14. The maximum atomic E-state index is 13.4. The second kappa shape index (κ2) is 10.8. The maximum Gasteiger partial charge on any atom is 0.293 e. The van der Waals surface area contributed by atoms with Crippen LogP contribution in [0.3, 0.4) is 0 Å². The molecule has 0 N–H and O–H groups in total. The van der Waals surface area contributed by atoms with Gasteiger partial charge in [0, 0.05) is 11.6 Å². The van der Waals surface area contributed by atoms with Crippen molar-refractivity contribution in [3.63, 3.8) is 0 Å². The molecule has 2 aromatic rings. The monoisotopic (exact) mass is 509 g/mol. The molecule has 1 aliphatic heterocycles. The Bertz CT molecular complexity index is 1010. The van der Waals surface area contributed by atoms with Gasteiger partial charge < -0.3 is 14.2 Å². The van der Waals surface area contributed by atoms with E-state index in [4.69, 9.17) is 14.2 Å². The molecule has 0 bridgehead atoms. The highest BCUT2D eigenvalue weighted by Gasteiger charge is 2.34. The molecule has 164 valence electrons. The van der Waals surface area contributed by atoms with Gasteiger partial charge in [-0.05, 0) is 60.2 Å². The highest BCUT2D eigenvalue weighted by atomic mass is 79.9. The Balaban J connectivity index is 1.83. The summed E-state index contributed by atoms with van der Waals surface area (Å²) in [6.45, 7) is 2.91. The highest BCUT2D eigenvalue weighted by molar-refractivity contribution is 9.10. The fraction of sp³-hybridized carbons (Fsp3) is 0.273. The van der Waals surface area contributed by atoms with E-state index in [0.29, 0.717) is 38.6 Å². The third kappa shape index (κ3) is 5.87. The van der Waals surface area contributed by atoms with E-state index in [9.17, 15) is 14.0 Å². The number of carbonyl (C=O) groups is 2. The van der Waals surface area contributed by atoms with Crippen molar-refractivity contribution in [2.45, 2.75) is 13.5 Å². The van der Waals surface area contributed by atoms with E-state index >= 15 is 0 Å². The van der Waals surface area contributed by atoms with E-state index in [1.54, 1.807) is 30.3 Å². The van der Waals surface area contributed by atoms with E-state index in [-0.39, 0.29) is 36.7 Å². The lowest BCUT2D eigenvalue weighted by atomic mass is 10.1. The van der Waals surface area contributed by atoms with Crippen LogP contribution < -0.4 is 9.47 Å². The van der Waals surface area contributed by atoms with Crippen molar-refractivity contribution in [1.82, 2.24) is 4.90 Å². The summed E-state index contributed by atoms with van der Waals surface area (Å²) in [5.74, 6) is 0.265. The van der Waals surface area contributed by atoms with E-state index in [1.165, 1.54) is 19.2 Å². The molecular weight excluding hydrogens is 489 g/mol. The molecule has 1 fully saturated rings. The van der Waals surface area contributed by atoms with E-state index < -0.39 is 0 Å². The number of amides is 2. The first-order valence-electron chi connectivity index (χ1n) is 9.50. The van der Waals surface area contributed by atoms with E-state index in [1.807, 2.05) is 6.92 Å². The number of carbonyl (C=O) groups excluding carboxylic acids is 2. The fourth-order valence-electron chi connectivity index (χ4n) is 2.85. The maximum absolute atomic E-state index is 13.4. The summed E-state index contributed by atoms with van der Waals surface area (Å²) in [6.07, 6.45) is 1.64. The van der Waals surface area contributed by atoms with Gasteiger partial charge in [0.1, 0.15) is 12.4 Å². The van der Waals surface area contributed by atoms with Crippen LogP contribution in [0, 0.1) is 5.82 Å². The molecular formula is C22H21BrFNO5S. The van der Waals surface area contributed by atoms with Gasteiger partial charge in [0.15, 0.2) is 11.5 Å². The van der Waals surface area contributed by atoms with E-state index in [2.05, 4.69) is 15.9 Å². The Labute approximate surface area is 192 Å². The molecule has 0 aliphatic carbocycles. The minimum atomic E-state index is -0.358. The summed E-state index contributed by atoms with van der Waals surface area (Å²) in [4.78, 5) is 26.2. The number of benzene rings is 2. The van der Waals surface area contributed by atoms with Crippen LogP contribution >= 0.6 is 27.7 Å². The van der Waals surface area contributed by atoms with Gasteiger partial charge >= 0.3 is 0 Å². The number of rotatable bonds is 9. The molecule has 3 rings (SSSR count). The molecule has 6 nitrogen and oxygen atoms in total. The number of hydrogen-bond acceptors (Lipinski definition) is 6. The molecule has 1 saturated heterocycles. The summed E-state index contributed by atoms with van der Waals surface area (Å²) in [5.41, 5.74) is 1.35. The first-order chi connectivity index (χ1) is 14.9. The van der Waals surface area contributed by atoms with Crippen LogP contribution in [0.15, 0.2) is 45.8 Å². The third-order valence-corrected chi connectivity index (χ3v) is 5.92. The average molecular weight is 510 g/mol. The summed E-state index contributed by atoms with van der Waals surface area (Å²) >= 11 is 4.37. The molecule has 0 radical (unpaired) electrons. The van der Waals surface area contributed by atoms with Crippen molar-refractivity contribution in [2.75, 3.05) is 26.9 Å². The summed E-state index contributed by atoms with van der Waals surface area (Å²) in [5, 5.41) is -0.329. The predicted octanol–water partition coefficient (Wildman–Crippen LogP) is 5.25. The number of halogens is 2. The molecule has 2 aromatic carbocycles. The Kier molecular flexibility index (Phi) is 8.11. The molecule has 31 heavy (non-hydrogen) atoms. The largest absolute Gasteiger partial charge is 0.490 e. The van der Waals surface area contributed by atoms with Crippen molar-refractivity contribution < 1.29 is 28.2 Å². The Hall–Kier alpha value is -2.36. The lowest BCUT2D eigenvalue weighted by Crippen LogP contribution is -2.31. The van der Waals surface area contributed by atoms with Crippen molar-refractivity contribution in [1.29, 1.82) is 0 Å². The Morgan fingerprint density at radius 3 is 2.65 bits per heavy atom. The lowest BCUT2D eigenvalue weighted by molar-refractivity contribution is -0.123. The zero-order valence-corrected chi connectivity index (χ0v) is 19.4. The number of hydrogen-bond donors (Lipinski definition) is 0. The number of nitrogens with zero attached hydrogens (tertiary/aromatic N) is 1. The minimum Gasteiger partial charge on any atom is -0.490 e. The Morgan fingerprint density at radius 1 is 1.16 bits per heavy atom. The van der Waals surface area contributed by atoms with Crippen LogP contribution in [0.1, 0.15) is 18.1 Å². The number of ether oxygens (including phenoxy) is 3. The van der Waals surface area contributed by atoms with Crippen LogP contribution in [0.5, 0.6) is 11.5 Å². The molecule has 0 atom stereocenters. The average Bonchev–Trinajstić information content (AvgIpc) is 3.00. The number of thioether (sulfide) groups is 1. The zero-order chi connectivity index (χ0) is 22.4. The summed E-state index contributed by atoms with van der Waals surface area (Å²) in [7, 11) is 1.51.